The minimum absolute atomic E-state index is 0.0441. The van der Waals surface area contributed by atoms with Crippen molar-refractivity contribution in [2.45, 2.75) is 270 Å². The molecule has 0 aromatic heterocycles. The molecule has 0 spiro atoms. The Hall–Kier alpha value is -1.13. The number of nitrogens with one attached hydrogen (secondary N) is 1. The minimum atomic E-state index is -0.664. The minimum Gasteiger partial charge on any atom is -0.394 e. The average Bonchev–Trinajstić information content (AvgIpc) is 3.15. The van der Waals surface area contributed by atoms with Gasteiger partial charge in [-0.3, -0.25) is 4.79 Å². The Morgan fingerprint density at radius 3 is 1.23 bits per heavy atom. The van der Waals surface area contributed by atoms with Crippen molar-refractivity contribution in [2.75, 3.05) is 6.61 Å². The van der Waals surface area contributed by atoms with Crippen LogP contribution in [0.4, 0.5) is 0 Å². The molecule has 0 aliphatic heterocycles. The van der Waals surface area contributed by atoms with Crippen molar-refractivity contribution in [3.8, 4) is 0 Å². The molecule has 0 saturated carbocycles. The number of aliphatic hydroxyl groups excluding tert-OH is 2. The first kappa shape index (κ1) is 50.9. The molecule has 0 heterocycles. The fourth-order valence-electron chi connectivity index (χ4n) is 7.34. The van der Waals surface area contributed by atoms with Gasteiger partial charge in [-0.05, 0) is 38.5 Å². The van der Waals surface area contributed by atoms with Gasteiger partial charge in [0.2, 0.25) is 5.91 Å². The summed E-state index contributed by atoms with van der Waals surface area (Å²) in [6.07, 6.45) is 57.1. The van der Waals surface area contributed by atoms with Crippen LogP contribution in [0.15, 0.2) is 24.3 Å². The molecule has 0 aliphatic rings. The number of allylic oxidation sites excluding steroid dienone is 4. The summed E-state index contributed by atoms with van der Waals surface area (Å²) in [6, 6.07) is -0.542. The summed E-state index contributed by atoms with van der Waals surface area (Å²) < 4.78 is 0. The Bertz CT molecular complexity index is 750. The van der Waals surface area contributed by atoms with E-state index in [4.69, 9.17) is 0 Å². The van der Waals surface area contributed by atoms with E-state index in [1.54, 1.807) is 0 Å². The van der Waals surface area contributed by atoms with E-state index in [1.165, 1.54) is 186 Å². The standard InChI is InChI=1S/C48H93NO3/c1-3-5-7-9-11-13-15-17-18-19-20-21-22-23-24-25-26-27-28-29-30-32-33-35-37-39-41-43-47(51)46(45-50)49-48(52)44-42-40-38-36-34-31-16-14-12-10-8-6-4-2/h8,10,14,16,46-47,50-51H,3-7,9,11-13,15,17-45H2,1-2H3,(H,49,52)/b10-8-,16-14-. The average molecular weight is 732 g/mol. The van der Waals surface area contributed by atoms with Crippen LogP contribution in [0.5, 0.6) is 0 Å². The van der Waals surface area contributed by atoms with Gasteiger partial charge in [0.25, 0.3) is 0 Å². The highest BCUT2D eigenvalue weighted by molar-refractivity contribution is 5.76. The highest BCUT2D eigenvalue weighted by atomic mass is 16.3. The first-order valence-corrected chi connectivity index (χ1v) is 23.5. The topological polar surface area (TPSA) is 69.6 Å². The number of amides is 1. The molecule has 0 fully saturated rings. The Labute approximate surface area is 326 Å². The first-order valence-electron chi connectivity index (χ1n) is 23.5. The molecular weight excluding hydrogens is 639 g/mol. The lowest BCUT2D eigenvalue weighted by molar-refractivity contribution is -0.123. The maximum atomic E-state index is 12.4. The third kappa shape index (κ3) is 40.1. The molecule has 3 N–H and O–H groups in total. The molecule has 0 rings (SSSR count). The molecule has 4 nitrogen and oxygen atoms in total. The Morgan fingerprint density at radius 2 is 0.827 bits per heavy atom. The van der Waals surface area contributed by atoms with Gasteiger partial charge in [0.1, 0.15) is 0 Å². The zero-order valence-corrected chi connectivity index (χ0v) is 35.3. The van der Waals surface area contributed by atoms with Crippen molar-refractivity contribution in [1.29, 1.82) is 0 Å². The zero-order valence-electron chi connectivity index (χ0n) is 35.3. The van der Waals surface area contributed by atoms with Gasteiger partial charge in [0.15, 0.2) is 0 Å². The second-order valence-electron chi connectivity index (χ2n) is 16.2. The first-order chi connectivity index (χ1) is 25.7. The van der Waals surface area contributed by atoms with Crippen LogP contribution in [-0.2, 0) is 4.79 Å². The second-order valence-corrected chi connectivity index (χ2v) is 16.2. The number of unbranched alkanes of at least 4 members (excludes halogenated alkanes) is 32. The van der Waals surface area contributed by atoms with Crippen LogP contribution < -0.4 is 5.32 Å². The van der Waals surface area contributed by atoms with E-state index in [-0.39, 0.29) is 12.5 Å². The van der Waals surface area contributed by atoms with Gasteiger partial charge in [-0.2, -0.15) is 0 Å². The van der Waals surface area contributed by atoms with E-state index < -0.39 is 12.1 Å². The van der Waals surface area contributed by atoms with E-state index in [0.29, 0.717) is 12.8 Å². The highest BCUT2D eigenvalue weighted by Gasteiger charge is 2.20. The quantitative estimate of drug-likeness (QED) is 0.0432. The van der Waals surface area contributed by atoms with E-state index in [2.05, 4.69) is 43.5 Å². The number of hydrogen-bond acceptors (Lipinski definition) is 3. The predicted molar refractivity (Wildman–Crippen MR) is 230 cm³/mol. The number of carbonyl (C=O) groups excluding carboxylic acids is 1. The van der Waals surface area contributed by atoms with Crippen LogP contribution in [0, 0.1) is 0 Å². The van der Waals surface area contributed by atoms with Gasteiger partial charge in [-0.25, -0.2) is 0 Å². The zero-order chi connectivity index (χ0) is 37.8. The Balaban J connectivity index is 3.43. The summed E-state index contributed by atoms with van der Waals surface area (Å²) in [6.45, 7) is 4.30. The van der Waals surface area contributed by atoms with Crippen LogP contribution in [0.2, 0.25) is 0 Å². The highest BCUT2D eigenvalue weighted by Crippen LogP contribution is 2.17. The molecule has 0 aromatic rings. The molecule has 308 valence electrons. The maximum absolute atomic E-state index is 12.4. The van der Waals surface area contributed by atoms with Gasteiger partial charge in [-0.15, -0.1) is 0 Å². The van der Waals surface area contributed by atoms with Crippen LogP contribution in [-0.4, -0.2) is 34.9 Å². The summed E-state index contributed by atoms with van der Waals surface area (Å²) in [5.74, 6) is -0.0441. The smallest absolute Gasteiger partial charge is 0.220 e. The lowest BCUT2D eigenvalue weighted by Crippen LogP contribution is -2.45. The SMILES string of the molecule is CCC/C=C\C/C=C\CCCCCCCC(=O)NC(CO)C(O)CCCCCCCCCCCCCCCCCCCCCCCCCCCCC. The van der Waals surface area contributed by atoms with Crippen LogP contribution in [0.25, 0.3) is 0 Å². The van der Waals surface area contributed by atoms with E-state index in [0.717, 1.165) is 44.9 Å². The fourth-order valence-corrected chi connectivity index (χ4v) is 7.34. The van der Waals surface area contributed by atoms with Gasteiger partial charge in [-0.1, -0.05) is 237 Å². The molecular formula is C48H93NO3. The Kier molecular flexibility index (Phi) is 43.3. The lowest BCUT2D eigenvalue weighted by atomic mass is 10.0. The van der Waals surface area contributed by atoms with E-state index >= 15 is 0 Å². The number of hydrogen-bond donors (Lipinski definition) is 3. The van der Waals surface area contributed by atoms with E-state index in [9.17, 15) is 15.0 Å². The molecule has 0 aliphatic carbocycles. The predicted octanol–water partition coefficient (Wildman–Crippen LogP) is 14.8. The molecule has 0 bridgehead atoms. The summed E-state index contributed by atoms with van der Waals surface area (Å²) in [5.41, 5.74) is 0. The number of aliphatic hydroxyl groups is 2. The van der Waals surface area contributed by atoms with Crippen molar-refractivity contribution in [3.63, 3.8) is 0 Å². The molecule has 0 aromatic carbocycles. The molecule has 2 unspecified atom stereocenters. The normalized spacial score (nSPS) is 13.1. The molecule has 0 saturated heterocycles. The van der Waals surface area contributed by atoms with Crippen molar-refractivity contribution in [3.05, 3.63) is 24.3 Å². The molecule has 1 amide bonds. The van der Waals surface area contributed by atoms with Gasteiger partial charge >= 0.3 is 0 Å². The molecule has 4 heteroatoms. The second kappa shape index (κ2) is 44.3. The largest absolute Gasteiger partial charge is 0.394 e. The van der Waals surface area contributed by atoms with Crippen molar-refractivity contribution >= 4 is 5.91 Å². The molecule has 0 radical (unpaired) electrons. The monoisotopic (exact) mass is 732 g/mol. The Morgan fingerprint density at radius 1 is 0.462 bits per heavy atom. The summed E-state index contributed by atoms with van der Waals surface area (Å²) >= 11 is 0. The third-order valence-corrected chi connectivity index (χ3v) is 10.9. The number of rotatable bonds is 43. The maximum Gasteiger partial charge on any atom is 0.220 e. The number of carbonyl (C=O) groups is 1. The summed E-state index contributed by atoms with van der Waals surface area (Å²) in [5, 5.41) is 23.2. The summed E-state index contributed by atoms with van der Waals surface area (Å²) in [4.78, 5) is 12.4. The lowest BCUT2D eigenvalue weighted by Gasteiger charge is -2.22. The van der Waals surface area contributed by atoms with Gasteiger partial charge < -0.3 is 15.5 Å². The van der Waals surface area contributed by atoms with Crippen LogP contribution in [0.1, 0.15) is 258 Å². The van der Waals surface area contributed by atoms with Crippen molar-refractivity contribution < 1.29 is 15.0 Å². The fraction of sp³-hybridized carbons (Fsp3) is 0.896. The molecule has 2 atom stereocenters. The third-order valence-electron chi connectivity index (χ3n) is 10.9. The van der Waals surface area contributed by atoms with E-state index in [1.807, 2.05) is 0 Å². The van der Waals surface area contributed by atoms with Crippen molar-refractivity contribution in [1.82, 2.24) is 5.32 Å². The van der Waals surface area contributed by atoms with Crippen LogP contribution in [0.3, 0.4) is 0 Å². The van der Waals surface area contributed by atoms with Crippen molar-refractivity contribution in [2.24, 2.45) is 0 Å². The van der Waals surface area contributed by atoms with Gasteiger partial charge in [0.05, 0.1) is 18.8 Å². The van der Waals surface area contributed by atoms with Crippen LogP contribution >= 0.6 is 0 Å². The van der Waals surface area contributed by atoms with Gasteiger partial charge in [0, 0.05) is 6.42 Å². The molecule has 52 heavy (non-hydrogen) atoms. The summed E-state index contributed by atoms with van der Waals surface area (Å²) in [7, 11) is 0.